The smallest absolute Gasteiger partial charge is 0.255 e. The van der Waals surface area contributed by atoms with Crippen LogP contribution >= 0.6 is 15.9 Å². The number of carbonyl (C=O) groups is 1. The lowest BCUT2D eigenvalue weighted by molar-refractivity contribution is 0.0954. The van der Waals surface area contributed by atoms with Crippen LogP contribution in [0.25, 0.3) is 0 Å². The summed E-state index contributed by atoms with van der Waals surface area (Å²) >= 11 is 3.23. The number of aromatic nitrogens is 1. The second kappa shape index (κ2) is 4.95. The van der Waals surface area contributed by atoms with E-state index in [0.717, 1.165) is 10.9 Å². The van der Waals surface area contributed by atoms with Crippen LogP contribution in [0.5, 0.6) is 0 Å². The second-order valence-electron chi connectivity index (χ2n) is 2.84. The number of hydrogen-bond donors (Lipinski definition) is 2. The molecular weight excluding hydrogens is 246 g/mol. The molecule has 1 aromatic rings. The van der Waals surface area contributed by atoms with Crippen molar-refractivity contribution in [2.75, 3.05) is 12.3 Å². The van der Waals surface area contributed by atoms with Crippen LogP contribution in [0.4, 0.5) is 5.82 Å². The van der Waals surface area contributed by atoms with E-state index in [1.54, 1.807) is 12.3 Å². The van der Waals surface area contributed by atoms with Crippen LogP contribution in [0.1, 0.15) is 23.7 Å². The van der Waals surface area contributed by atoms with Gasteiger partial charge in [0.15, 0.2) is 0 Å². The number of nitrogens with one attached hydrogen (secondary N) is 1. The molecule has 1 heterocycles. The van der Waals surface area contributed by atoms with Crippen LogP contribution in [0.15, 0.2) is 16.7 Å². The lowest BCUT2D eigenvalue weighted by atomic mass is 10.2. The van der Waals surface area contributed by atoms with Gasteiger partial charge in [0, 0.05) is 17.2 Å². The molecule has 0 saturated heterocycles. The van der Waals surface area contributed by atoms with Gasteiger partial charge < -0.3 is 11.1 Å². The molecule has 76 valence electrons. The number of hydrogen-bond acceptors (Lipinski definition) is 3. The number of nitrogen functional groups attached to an aromatic ring is 1. The monoisotopic (exact) mass is 257 g/mol. The van der Waals surface area contributed by atoms with Crippen molar-refractivity contribution >= 4 is 27.7 Å². The fourth-order valence-electron chi connectivity index (χ4n) is 0.965. The van der Waals surface area contributed by atoms with E-state index in [4.69, 9.17) is 5.73 Å². The molecule has 0 atom stereocenters. The molecule has 0 aliphatic rings. The standard InChI is InChI=1S/C9H12BrN3O/c1-2-3-12-9(14)7-4-6(10)5-13-8(7)11/h4-5H,2-3H2,1H3,(H2,11,13)(H,12,14). The topological polar surface area (TPSA) is 68.0 Å². The maximum absolute atomic E-state index is 11.5. The van der Waals surface area contributed by atoms with Gasteiger partial charge in [0.25, 0.3) is 5.91 Å². The Morgan fingerprint density at radius 1 is 1.71 bits per heavy atom. The van der Waals surface area contributed by atoms with Gasteiger partial charge in [-0.2, -0.15) is 0 Å². The van der Waals surface area contributed by atoms with Crippen LogP contribution in [0.2, 0.25) is 0 Å². The van der Waals surface area contributed by atoms with Gasteiger partial charge in [0.2, 0.25) is 0 Å². The summed E-state index contributed by atoms with van der Waals surface area (Å²) in [5.41, 5.74) is 5.98. The van der Waals surface area contributed by atoms with Crippen molar-refractivity contribution in [3.05, 3.63) is 22.3 Å². The van der Waals surface area contributed by atoms with E-state index in [9.17, 15) is 4.79 Å². The van der Waals surface area contributed by atoms with Gasteiger partial charge in [-0.15, -0.1) is 0 Å². The molecule has 0 saturated carbocycles. The highest BCUT2D eigenvalue weighted by Crippen LogP contribution is 2.15. The number of pyridine rings is 1. The Balaban J connectivity index is 2.83. The molecule has 5 heteroatoms. The molecule has 0 radical (unpaired) electrons. The molecule has 0 aliphatic carbocycles. The van der Waals surface area contributed by atoms with Crippen molar-refractivity contribution in [3.8, 4) is 0 Å². The van der Waals surface area contributed by atoms with Gasteiger partial charge >= 0.3 is 0 Å². The van der Waals surface area contributed by atoms with E-state index in [-0.39, 0.29) is 11.7 Å². The van der Waals surface area contributed by atoms with Gasteiger partial charge in [-0.05, 0) is 28.4 Å². The van der Waals surface area contributed by atoms with Crippen LogP contribution in [-0.2, 0) is 0 Å². The Morgan fingerprint density at radius 3 is 3.07 bits per heavy atom. The first-order valence-electron chi connectivity index (χ1n) is 4.34. The molecule has 0 bridgehead atoms. The van der Waals surface area contributed by atoms with E-state index in [2.05, 4.69) is 26.2 Å². The second-order valence-corrected chi connectivity index (χ2v) is 3.76. The minimum absolute atomic E-state index is 0.182. The van der Waals surface area contributed by atoms with Crippen molar-refractivity contribution in [2.45, 2.75) is 13.3 Å². The molecule has 0 aliphatic heterocycles. The number of halogens is 1. The summed E-state index contributed by atoms with van der Waals surface area (Å²) in [5.74, 6) is 0.0694. The van der Waals surface area contributed by atoms with Crippen LogP contribution in [0, 0.1) is 0 Å². The zero-order valence-electron chi connectivity index (χ0n) is 7.88. The fraction of sp³-hybridized carbons (Fsp3) is 0.333. The summed E-state index contributed by atoms with van der Waals surface area (Å²) in [7, 11) is 0. The lowest BCUT2D eigenvalue weighted by Gasteiger charge is -2.05. The summed E-state index contributed by atoms with van der Waals surface area (Å²) < 4.78 is 0.744. The van der Waals surface area contributed by atoms with Gasteiger partial charge in [-0.3, -0.25) is 4.79 Å². The molecule has 1 rings (SSSR count). The first-order valence-corrected chi connectivity index (χ1v) is 5.13. The first-order chi connectivity index (χ1) is 6.65. The van der Waals surface area contributed by atoms with Gasteiger partial charge in [0.1, 0.15) is 5.82 Å². The van der Waals surface area contributed by atoms with Crippen molar-refractivity contribution in [2.24, 2.45) is 0 Å². The minimum atomic E-state index is -0.182. The molecule has 14 heavy (non-hydrogen) atoms. The quantitative estimate of drug-likeness (QED) is 0.864. The number of amides is 1. The molecule has 4 nitrogen and oxygen atoms in total. The van der Waals surface area contributed by atoms with E-state index in [0.29, 0.717) is 12.1 Å². The molecule has 0 fully saturated rings. The molecule has 1 aromatic heterocycles. The average molecular weight is 258 g/mol. The Morgan fingerprint density at radius 2 is 2.43 bits per heavy atom. The largest absolute Gasteiger partial charge is 0.383 e. The Bertz CT molecular complexity index is 341. The molecule has 3 N–H and O–H groups in total. The average Bonchev–Trinajstić information content (AvgIpc) is 2.18. The van der Waals surface area contributed by atoms with E-state index < -0.39 is 0 Å². The predicted octanol–water partition coefficient (Wildman–Crippen LogP) is 1.57. The maximum Gasteiger partial charge on any atom is 0.255 e. The fourth-order valence-corrected chi connectivity index (χ4v) is 1.30. The van der Waals surface area contributed by atoms with Crippen molar-refractivity contribution in [1.29, 1.82) is 0 Å². The summed E-state index contributed by atoms with van der Waals surface area (Å²) in [6.45, 7) is 2.63. The Hall–Kier alpha value is -1.10. The predicted molar refractivity (Wildman–Crippen MR) is 59.0 cm³/mol. The van der Waals surface area contributed by atoms with Crippen LogP contribution in [-0.4, -0.2) is 17.4 Å². The van der Waals surface area contributed by atoms with E-state index in [1.165, 1.54) is 0 Å². The highest BCUT2D eigenvalue weighted by atomic mass is 79.9. The maximum atomic E-state index is 11.5. The van der Waals surface area contributed by atoms with Gasteiger partial charge in [-0.1, -0.05) is 6.92 Å². The normalized spacial score (nSPS) is 9.86. The minimum Gasteiger partial charge on any atom is -0.383 e. The summed E-state index contributed by atoms with van der Waals surface area (Å²) in [6, 6.07) is 1.66. The summed E-state index contributed by atoms with van der Waals surface area (Å²) in [4.78, 5) is 15.4. The zero-order valence-corrected chi connectivity index (χ0v) is 9.47. The number of rotatable bonds is 3. The number of nitrogens with two attached hydrogens (primary N) is 1. The van der Waals surface area contributed by atoms with Crippen molar-refractivity contribution < 1.29 is 4.79 Å². The van der Waals surface area contributed by atoms with Crippen LogP contribution in [0.3, 0.4) is 0 Å². The number of nitrogens with zero attached hydrogens (tertiary/aromatic N) is 1. The van der Waals surface area contributed by atoms with Crippen molar-refractivity contribution in [1.82, 2.24) is 10.3 Å². The Labute approximate surface area is 91.0 Å². The third-order valence-electron chi connectivity index (χ3n) is 1.67. The number of carbonyl (C=O) groups excluding carboxylic acids is 1. The third kappa shape index (κ3) is 2.70. The molecule has 0 unspecified atom stereocenters. The number of anilines is 1. The molecule has 1 amide bonds. The first kappa shape index (κ1) is 11.0. The van der Waals surface area contributed by atoms with Crippen LogP contribution < -0.4 is 11.1 Å². The van der Waals surface area contributed by atoms with E-state index >= 15 is 0 Å². The highest BCUT2D eigenvalue weighted by molar-refractivity contribution is 9.10. The SMILES string of the molecule is CCCNC(=O)c1cc(Br)cnc1N. The summed E-state index contributed by atoms with van der Waals surface area (Å²) in [5, 5.41) is 2.74. The zero-order chi connectivity index (χ0) is 10.6. The molecular formula is C9H12BrN3O. The van der Waals surface area contributed by atoms with Crippen molar-refractivity contribution in [3.63, 3.8) is 0 Å². The van der Waals surface area contributed by atoms with Gasteiger partial charge in [-0.25, -0.2) is 4.98 Å². The third-order valence-corrected chi connectivity index (χ3v) is 2.10. The molecule has 0 aromatic carbocycles. The molecule has 0 spiro atoms. The lowest BCUT2D eigenvalue weighted by Crippen LogP contribution is -2.25. The summed E-state index contributed by atoms with van der Waals surface area (Å²) in [6.07, 6.45) is 2.46. The Kier molecular flexibility index (Phi) is 3.88. The van der Waals surface area contributed by atoms with E-state index in [1.807, 2.05) is 6.92 Å². The van der Waals surface area contributed by atoms with Gasteiger partial charge in [0.05, 0.1) is 5.56 Å². The highest BCUT2D eigenvalue weighted by Gasteiger charge is 2.09.